The third kappa shape index (κ3) is 2.75. The lowest BCUT2D eigenvalue weighted by atomic mass is 10.2. The van der Waals surface area contributed by atoms with Gasteiger partial charge in [0.25, 0.3) is 0 Å². The molecular weight excluding hydrogens is 286 g/mol. The molecule has 0 aliphatic rings. The van der Waals surface area contributed by atoms with Gasteiger partial charge in [0, 0.05) is 29.3 Å². The number of hydrogen-bond donors (Lipinski definition) is 1. The van der Waals surface area contributed by atoms with E-state index in [2.05, 4.69) is 10.1 Å². The van der Waals surface area contributed by atoms with Gasteiger partial charge in [0.15, 0.2) is 0 Å². The van der Waals surface area contributed by atoms with E-state index in [4.69, 9.17) is 5.11 Å². The van der Waals surface area contributed by atoms with Gasteiger partial charge in [-0.1, -0.05) is 18.2 Å². The Hall–Kier alpha value is -2.34. The van der Waals surface area contributed by atoms with E-state index in [0.29, 0.717) is 5.75 Å². The third-order valence-corrected chi connectivity index (χ3v) is 4.17. The molecule has 0 amide bonds. The fourth-order valence-corrected chi connectivity index (χ4v) is 3.03. The second-order valence-corrected chi connectivity index (χ2v) is 5.61. The number of nitrogens with zero attached hydrogens (tertiary/aromatic N) is 3. The van der Waals surface area contributed by atoms with Crippen molar-refractivity contribution in [1.82, 2.24) is 14.8 Å². The van der Waals surface area contributed by atoms with Gasteiger partial charge >= 0.3 is 5.97 Å². The minimum absolute atomic E-state index is 0.0610. The molecule has 0 saturated carbocycles. The number of carbonyl (C=O) groups is 1. The molecule has 3 rings (SSSR count). The molecule has 2 heterocycles. The maximum atomic E-state index is 10.9. The summed E-state index contributed by atoms with van der Waals surface area (Å²) < 4.78 is 1.86. The van der Waals surface area contributed by atoms with Crippen LogP contribution < -0.4 is 0 Å². The van der Waals surface area contributed by atoms with Crippen LogP contribution in [-0.4, -0.2) is 25.8 Å². The molecule has 1 aromatic carbocycles. The van der Waals surface area contributed by atoms with Crippen LogP contribution in [0.2, 0.25) is 0 Å². The topological polar surface area (TPSA) is 68.0 Å². The van der Waals surface area contributed by atoms with Gasteiger partial charge in [-0.25, -0.2) is 9.78 Å². The highest BCUT2D eigenvalue weighted by Crippen LogP contribution is 2.26. The van der Waals surface area contributed by atoms with E-state index in [-0.39, 0.29) is 5.69 Å². The highest BCUT2D eigenvalue weighted by atomic mass is 32.2. The number of carboxylic acids is 1. The maximum Gasteiger partial charge on any atom is 0.354 e. The summed E-state index contributed by atoms with van der Waals surface area (Å²) in [7, 11) is 1.92. The summed E-state index contributed by atoms with van der Waals surface area (Å²) in [6.45, 7) is 0. The smallest absolute Gasteiger partial charge is 0.354 e. The highest BCUT2D eigenvalue weighted by Gasteiger charge is 2.09. The molecule has 0 fully saturated rings. The quantitative estimate of drug-likeness (QED) is 0.750. The molecule has 0 unspecified atom stereocenters. The molecule has 0 atom stereocenters. The van der Waals surface area contributed by atoms with Crippen molar-refractivity contribution < 1.29 is 9.90 Å². The second-order valence-electron chi connectivity index (χ2n) is 4.56. The van der Waals surface area contributed by atoms with Crippen LogP contribution in [0.25, 0.3) is 10.9 Å². The average molecular weight is 299 g/mol. The fourth-order valence-electron chi connectivity index (χ4n) is 2.16. The Morgan fingerprint density at radius 1 is 1.33 bits per heavy atom. The van der Waals surface area contributed by atoms with Crippen molar-refractivity contribution in [2.24, 2.45) is 7.05 Å². The first kappa shape index (κ1) is 13.6. The zero-order chi connectivity index (χ0) is 14.8. The summed E-state index contributed by atoms with van der Waals surface area (Å²) in [6.07, 6.45) is 1.52. The van der Waals surface area contributed by atoms with Crippen LogP contribution in [0.5, 0.6) is 0 Å². The first-order valence-corrected chi connectivity index (χ1v) is 7.36. The zero-order valence-corrected chi connectivity index (χ0v) is 12.2. The number of hydrogen-bond acceptors (Lipinski definition) is 4. The molecule has 0 aliphatic carbocycles. The summed E-state index contributed by atoms with van der Waals surface area (Å²) >= 11 is 1.55. The zero-order valence-electron chi connectivity index (χ0n) is 11.4. The van der Waals surface area contributed by atoms with Crippen LogP contribution >= 0.6 is 11.8 Å². The number of aryl methyl sites for hydroxylation is 1. The van der Waals surface area contributed by atoms with Crippen LogP contribution in [0, 0.1) is 0 Å². The van der Waals surface area contributed by atoms with Crippen LogP contribution in [0.1, 0.15) is 16.2 Å². The molecule has 0 radical (unpaired) electrons. The summed E-state index contributed by atoms with van der Waals surface area (Å²) in [5, 5.41) is 14.6. The van der Waals surface area contributed by atoms with Gasteiger partial charge in [0.05, 0.1) is 11.2 Å². The molecule has 21 heavy (non-hydrogen) atoms. The predicted octanol–water partition coefficient (Wildman–Crippen LogP) is 2.96. The van der Waals surface area contributed by atoms with Gasteiger partial charge in [-0.05, 0) is 18.2 Å². The predicted molar refractivity (Wildman–Crippen MR) is 81.5 cm³/mol. The van der Waals surface area contributed by atoms with Crippen molar-refractivity contribution in [2.45, 2.75) is 10.6 Å². The van der Waals surface area contributed by atoms with Gasteiger partial charge in [-0.2, -0.15) is 5.10 Å². The van der Waals surface area contributed by atoms with Crippen LogP contribution in [0.4, 0.5) is 0 Å². The number of benzene rings is 1. The number of fused-ring (bicyclic) bond motifs is 1. The molecule has 0 aliphatic heterocycles. The van der Waals surface area contributed by atoms with E-state index in [1.165, 1.54) is 6.20 Å². The number of rotatable bonds is 4. The molecule has 5 nitrogen and oxygen atoms in total. The number of pyridine rings is 1. The van der Waals surface area contributed by atoms with E-state index in [0.717, 1.165) is 21.5 Å². The Kier molecular flexibility index (Phi) is 3.62. The normalized spacial score (nSPS) is 10.9. The van der Waals surface area contributed by atoms with Crippen LogP contribution in [-0.2, 0) is 12.8 Å². The number of thioether (sulfide) groups is 1. The number of aromatic nitrogens is 3. The minimum Gasteiger partial charge on any atom is -0.477 e. The lowest BCUT2D eigenvalue weighted by molar-refractivity contribution is 0.0690. The van der Waals surface area contributed by atoms with E-state index in [1.54, 1.807) is 17.8 Å². The Morgan fingerprint density at radius 3 is 2.95 bits per heavy atom. The van der Waals surface area contributed by atoms with Crippen molar-refractivity contribution >= 4 is 28.6 Å². The van der Waals surface area contributed by atoms with E-state index < -0.39 is 5.97 Å². The van der Waals surface area contributed by atoms with Crippen molar-refractivity contribution in [3.63, 3.8) is 0 Å². The summed E-state index contributed by atoms with van der Waals surface area (Å²) in [5.74, 6) is -0.328. The number of para-hydroxylation sites is 1. The number of carboxylic acid groups (broad SMARTS) is 1. The largest absolute Gasteiger partial charge is 0.477 e. The molecule has 0 bridgehead atoms. The van der Waals surface area contributed by atoms with Crippen molar-refractivity contribution in [1.29, 1.82) is 0 Å². The molecule has 3 aromatic rings. The van der Waals surface area contributed by atoms with Crippen LogP contribution in [0.15, 0.2) is 47.5 Å². The fraction of sp³-hybridized carbons (Fsp3) is 0.133. The lowest BCUT2D eigenvalue weighted by Gasteiger charge is -2.01. The molecule has 6 heteroatoms. The third-order valence-electron chi connectivity index (χ3n) is 3.16. The van der Waals surface area contributed by atoms with Gasteiger partial charge in [0.1, 0.15) is 5.69 Å². The molecule has 0 saturated heterocycles. The average Bonchev–Trinajstić information content (AvgIpc) is 2.82. The first-order chi connectivity index (χ1) is 10.1. The van der Waals surface area contributed by atoms with Crippen molar-refractivity contribution in [3.05, 3.63) is 54.0 Å². The van der Waals surface area contributed by atoms with Gasteiger partial charge in [-0.15, -0.1) is 11.8 Å². The summed E-state index contributed by atoms with van der Waals surface area (Å²) in [5.41, 5.74) is 2.15. The van der Waals surface area contributed by atoms with Crippen LogP contribution in [0.3, 0.4) is 0 Å². The maximum absolute atomic E-state index is 10.9. The van der Waals surface area contributed by atoms with E-state index in [1.807, 2.05) is 42.1 Å². The lowest BCUT2D eigenvalue weighted by Crippen LogP contribution is -1.99. The van der Waals surface area contributed by atoms with E-state index in [9.17, 15) is 4.79 Å². The summed E-state index contributed by atoms with van der Waals surface area (Å²) in [6, 6.07) is 11.5. The Morgan fingerprint density at radius 2 is 2.14 bits per heavy atom. The van der Waals surface area contributed by atoms with Gasteiger partial charge < -0.3 is 5.11 Å². The Labute approximate surface area is 125 Å². The molecule has 2 aromatic heterocycles. The van der Waals surface area contributed by atoms with E-state index >= 15 is 0 Å². The minimum atomic E-state index is -1.01. The van der Waals surface area contributed by atoms with Gasteiger partial charge in [-0.3, -0.25) is 4.68 Å². The highest BCUT2D eigenvalue weighted by molar-refractivity contribution is 7.98. The van der Waals surface area contributed by atoms with Crippen molar-refractivity contribution in [2.75, 3.05) is 0 Å². The van der Waals surface area contributed by atoms with Gasteiger partial charge in [0.2, 0.25) is 0 Å². The molecule has 0 spiro atoms. The second kappa shape index (κ2) is 5.57. The molecule has 1 N–H and O–H groups in total. The molecule has 106 valence electrons. The van der Waals surface area contributed by atoms with Crippen molar-refractivity contribution in [3.8, 4) is 0 Å². The first-order valence-electron chi connectivity index (χ1n) is 6.38. The summed E-state index contributed by atoms with van der Waals surface area (Å²) in [4.78, 5) is 15.6. The standard InChI is InChI=1S/C15H13N3O2S/c1-18-14-5-3-2-4-11(14)13(17-18)9-21-10-6-7-16-12(8-10)15(19)20/h2-8H,9H2,1H3,(H,19,20). The monoisotopic (exact) mass is 299 g/mol. The Balaban J connectivity index is 1.84. The molecular formula is C15H13N3O2S. The number of aromatic carboxylic acids is 1. The SMILES string of the molecule is Cn1nc(CSc2ccnc(C(=O)O)c2)c2ccccc21. The Bertz CT molecular complexity index is 814.